The van der Waals surface area contributed by atoms with Crippen molar-refractivity contribution in [1.29, 1.82) is 0 Å². The molecule has 0 aromatic heterocycles. The van der Waals surface area contributed by atoms with Crippen LogP contribution in [0, 0.1) is 0 Å². The Hall–Kier alpha value is -1.71. The van der Waals surface area contributed by atoms with Crippen LogP contribution in [-0.4, -0.2) is 19.2 Å². The number of aliphatic imine (C=N–C) groups is 1. The van der Waals surface area contributed by atoms with Crippen molar-refractivity contribution >= 4 is 6.02 Å². The molecule has 1 aliphatic rings. The molecule has 1 heterocycles. The molecule has 0 radical (unpaired) electrons. The maximum atomic E-state index is 5.55. The summed E-state index contributed by atoms with van der Waals surface area (Å²) in [6, 6.07) is 8.20. The summed E-state index contributed by atoms with van der Waals surface area (Å²) >= 11 is 0. The normalized spacial score (nSPS) is 23.1. The summed E-state index contributed by atoms with van der Waals surface area (Å²) in [7, 11) is 0. The fourth-order valence-corrected chi connectivity index (χ4v) is 1.80. The molecule has 2 rings (SSSR count). The first-order chi connectivity index (χ1) is 8.14. The summed E-state index contributed by atoms with van der Waals surface area (Å²) in [6.45, 7) is 5.33. The van der Waals surface area contributed by atoms with E-state index in [4.69, 9.17) is 15.2 Å². The molecule has 0 fully saturated rings. The largest absolute Gasteiger partial charge is 0.494 e. The molecule has 4 nitrogen and oxygen atoms in total. The maximum absolute atomic E-state index is 5.55. The van der Waals surface area contributed by atoms with Crippen molar-refractivity contribution in [3.05, 3.63) is 29.8 Å². The Morgan fingerprint density at radius 2 is 2.12 bits per heavy atom. The lowest BCUT2D eigenvalue weighted by molar-refractivity contribution is 0.266. The minimum atomic E-state index is -0.368. The van der Waals surface area contributed by atoms with Gasteiger partial charge in [-0.2, -0.15) is 0 Å². The SMILES string of the molecule is CCCOc1ccc(C2(C)COC(N)=N2)cc1. The summed E-state index contributed by atoms with van der Waals surface area (Å²) in [5, 5.41) is 0. The highest BCUT2D eigenvalue weighted by molar-refractivity contribution is 5.74. The number of nitrogens with zero attached hydrogens (tertiary/aromatic N) is 1. The van der Waals surface area contributed by atoms with Gasteiger partial charge in [0.05, 0.1) is 6.61 Å². The van der Waals surface area contributed by atoms with Crippen molar-refractivity contribution in [2.45, 2.75) is 25.8 Å². The molecule has 2 N–H and O–H groups in total. The van der Waals surface area contributed by atoms with Gasteiger partial charge in [-0.25, -0.2) is 4.99 Å². The third-order valence-corrected chi connectivity index (χ3v) is 2.81. The van der Waals surface area contributed by atoms with E-state index in [9.17, 15) is 0 Å². The molecular weight excluding hydrogens is 216 g/mol. The zero-order chi connectivity index (χ0) is 12.3. The highest BCUT2D eigenvalue weighted by Crippen LogP contribution is 2.30. The predicted molar refractivity (Wildman–Crippen MR) is 67.2 cm³/mol. The molecule has 0 saturated heterocycles. The van der Waals surface area contributed by atoms with Gasteiger partial charge >= 0.3 is 0 Å². The predicted octanol–water partition coefficient (Wildman–Crippen LogP) is 2.04. The minimum absolute atomic E-state index is 0.263. The molecule has 0 amide bonds. The van der Waals surface area contributed by atoms with Crippen molar-refractivity contribution < 1.29 is 9.47 Å². The molecule has 92 valence electrons. The van der Waals surface area contributed by atoms with E-state index in [2.05, 4.69) is 11.9 Å². The third kappa shape index (κ3) is 2.52. The van der Waals surface area contributed by atoms with Crippen LogP contribution in [-0.2, 0) is 10.3 Å². The molecule has 17 heavy (non-hydrogen) atoms. The molecule has 0 aliphatic carbocycles. The van der Waals surface area contributed by atoms with Gasteiger partial charge in [-0.15, -0.1) is 0 Å². The van der Waals surface area contributed by atoms with E-state index in [-0.39, 0.29) is 11.6 Å². The highest BCUT2D eigenvalue weighted by Gasteiger charge is 2.32. The molecule has 1 atom stereocenters. The molecule has 1 aromatic rings. The third-order valence-electron chi connectivity index (χ3n) is 2.81. The number of hydrogen-bond acceptors (Lipinski definition) is 4. The van der Waals surface area contributed by atoms with E-state index >= 15 is 0 Å². The van der Waals surface area contributed by atoms with Gasteiger partial charge in [-0.3, -0.25) is 0 Å². The van der Waals surface area contributed by atoms with Gasteiger partial charge in [0.1, 0.15) is 17.9 Å². The second-order valence-corrected chi connectivity index (χ2v) is 4.39. The zero-order valence-corrected chi connectivity index (χ0v) is 10.3. The van der Waals surface area contributed by atoms with E-state index in [1.807, 2.05) is 31.2 Å². The van der Waals surface area contributed by atoms with Gasteiger partial charge in [0.25, 0.3) is 6.02 Å². The number of ether oxygens (including phenoxy) is 2. The minimum Gasteiger partial charge on any atom is -0.494 e. The topological polar surface area (TPSA) is 56.8 Å². The molecule has 4 heteroatoms. The monoisotopic (exact) mass is 234 g/mol. The Balaban J connectivity index is 2.13. The molecular formula is C13H18N2O2. The summed E-state index contributed by atoms with van der Waals surface area (Å²) < 4.78 is 10.7. The van der Waals surface area contributed by atoms with Crippen LogP contribution in [0.3, 0.4) is 0 Å². The first kappa shape index (κ1) is 11.8. The average molecular weight is 234 g/mol. The lowest BCUT2D eigenvalue weighted by Crippen LogP contribution is -2.20. The number of hydrogen-bond donors (Lipinski definition) is 1. The Bertz CT molecular complexity index is 414. The van der Waals surface area contributed by atoms with Gasteiger partial charge in [-0.05, 0) is 31.0 Å². The van der Waals surface area contributed by atoms with Crippen molar-refractivity contribution in [2.24, 2.45) is 10.7 Å². The van der Waals surface area contributed by atoms with E-state index in [1.54, 1.807) is 0 Å². The maximum Gasteiger partial charge on any atom is 0.283 e. The first-order valence-corrected chi connectivity index (χ1v) is 5.85. The number of amidine groups is 1. The smallest absolute Gasteiger partial charge is 0.283 e. The Kier molecular flexibility index (Phi) is 3.22. The standard InChI is InChI=1S/C13H18N2O2/c1-3-8-16-11-6-4-10(5-7-11)13(2)9-17-12(14)15-13/h4-7H,3,8-9H2,1-2H3,(H2,14,15). The Labute approximate surface area is 101 Å². The average Bonchev–Trinajstić information content (AvgIpc) is 2.68. The molecule has 0 bridgehead atoms. The van der Waals surface area contributed by atoms with Gasteiger partial charge in [0.15, 0.2) is 0 Å². The summed E-state index contributed by atoms with van der Waals surface area (Å²) in [5.74, 6) is 0.884. The van der Waals surface area contributed by atoms with Crippen LogP contribution in [0.2, 0.25) is 0 Å². The van der Waals surface area contributed by atoms with Gasteiger partial charge < -0.3 is 15.2 Å². The van der Waals surface area contributed by atoms with Gasteiger partial charge in [0.2, 0.25) is 0 Å². The highest BCUT2D eigenvalue weighted by atomic mass is 16.5. The van der Waals surface area contributed by atoms with Crippen LogP contribution in [0.4, 0.5) is 0 Å². The van der Waals surface area contributed by atoms with Gasteiger partial charge in [0, 0.05) is 0 Å². The summed E-state index contributed by atoms with van der Waals surface area (Å²) in [4.78, 5) is 4.31. The molecule has 1 aromatic carbocycles. The summed E-state index contributed by atoms with van der Waals surface area (Å²) in [5.41, 5.74) is 6.26. The fraction of sp³-hybridized carbons (Fsp3) is 0.462. The van der Waals surface area contributed by atoms with E-state index in [0.29, 0.717) is 6.61 Å². The quantitative estimate of drug-likeness (QED) is 0.867. The van der Waals surface area contributed by atoms with Crippen LogP contribution in [0.15, 0.2) is 29.3 Å². The number of rotatable bonds is 4. The first-order valence-electron chi connectivity index (χ1n) is 5.85. The second kappa shape index (κ2) is 4.65. The second-order valence-electron chi connectivity index (χ2n) is 4.39. The fourth-order valence-electron chi connectivity index (χ4n) is 1.80. The van der Waals surface area contributed by atoms with Gasteiger partial charge in [-0.1, -0.05) is 19.1 Å². The van der Waals surface area contributed by atoms with Crippen LogP contribution in [0.5, 0.6) is 5.75 Å². The van der Waals surface area contributed by atoms with Crippen molar-refractivity contribution in [3.63, 3.8) is 0 Å². The summed E-state index contributed by atoms with van der Waals surface area (Å²) in [6.07, 6.45) is 1.01. The van der Waals surface area contributed by atoms with Crippen LogP contribution in [0.1, 0.15) is 25.8 Å². The van der Waals surface area contributed by atoms with Crippen molar-refractivity contribution in [2.75, 3.05) is 13.2 Å². The van der Waals surface area contributed by atoms with E-state index in [1.165, 1.54) is 0 Å². The van der Waals surface area contributed by atoms with Crippen LogP contribution in [0.25, 0.3) is 0 Å². The van der Waals surface area contributed by atoms with Crippen molar-refractivity contribution in [1.82, 2.24) is 0 Å². The lowest BCUT2D eigenvalue weighted by atomic mass is 9.94. The van der Waals surface area contributed by atoms with E-state index in [0.717, 1.165) is 24.3 Å². The van der Waals surface area contributed by atoms with Crippen LogP contribution >= 0.6 is 0 Å². The van der Waals surface area contributed by atoms with Crippen LogP contribution < -0.4 is 10.5 Å². The molecule has 1 unspecified atom stereocenters. The molecule has 0 spiro atoms. The molecule has 0 saturated carbocycles. The lowest BCUT2D eigenvalue weighted by Gasteiger charge is -2.18. The van der Waals surface area contributed by atoms with E-state index < -0.39 is 0 Å². The Morgan fingerprint density at radius 3 is 2.65 bits per heavy atom. The zero-order valence-electron chi connectivity index (χ0n) is 10.3. The van der Waals surface area contributed by atoms with Crippen molar-refractivity contribution in [3.8, 4) is 5.75 Å². The number of nitrogens with two attached hydrogens (primary N) is 1. The molecule has 1 aliphatic heterocycles. The number of benzene rings is 1. The Morgan fingerprint density at radius 1 is 1.41 bits per heavy atom.